The van der Waals surface area contributed by atoms with Crippen molar-refractivity contribution >= 4 is 17.7 Å². The number of aromatic nitrogens is 1. The molecule has 1 aliphatic heterocycles. The molecular weight excluding hydrogens is 318 g/mol. The van der Waals surface area contributed by atoms with Crippen LogP contribution in [0, 0.1) is 17.2 Å². The van der Waals surface area contributed by atoms with Gasteiger partial charge in [-0.05, 0) is 24.1 Å². The summed E-state index contributed by atoms with van der Waals surface area (Å²) in [5.74, 6) is 1.21. The van der Waals surface area contributed by atoms with Crippen LogP contribution < -0.4 is 4.57 Å². The third kappa shape index (κ3) is 3.44. The molecule has 5 heteroatoms. The van der Waals surface area contributed by atoms with Crippen LogP contribution in [0.5, 0.6) is 0 Å². The van der Waals surface area contributed by atoms with Crippen LogP contribution in [0.15, 0.2) is 48.8 Å². The number of thioether (sulfide) groups is 1. The smallest absolute Gasteiger partial charge is 0.233 e. The first-order chi connectivity index (χ1) is 11.6. The second-order valence-electron chi connectivity index (χ2n) is 6.31. The first-order valence-electron chi connectivity index (χ1n) is 8.01. The molecule has 0 radical (unpaired) electrons. The van der Waals surface area contributed by atoms with Gasteiger partial charge in [-0.3, -0.25) is 4.79 Å². The molecule has 1 atom stereocenters. The summed E-state index contributed by atoms with van der Waals surface area (Å²) in [6, 6.07) is 13.7. The molecule has 4 nitrogen and oxygen atoms in total. The van der Waals surface area contributed by atoms with Gasteiger partial charge < -0.3 is 4.90 Å². The van der Waals surface area contributed by atoms with E-state index in [4.69, 9.17) is 5.26 Å². The highest BCUT2D eigenvalue weighted by molar-refractivity contribution is 8.00. The Kier molecular flexibility index (Phi) is 4.86. The number of nitrogens with zero attached hydrogens (tertiary/aromatic N) is 3. The third-order valence-corrected chi connectivity index (χ3v) is 5.19. The highest BCUT2D eigenvalue weighted by atomic mass is 32.2. The topological polar surface area (TPSA) is 48.0 Å². The van der Waals surface area contributed by atoms with Gasteiger partial charge in [-0.15, -0.1) is 11.8 Å². The molecule has 1 saturated heterocycles. The van der Waals surface area contributed by atoms with E-state index in [1.807, 2.05) is 46.0 Å². The molecule has 24 heavy (non-hydrogen) atoms. The summed E-state index contributed by atoms with van der Waals surface area (Å²) in [5, 5.41) is 8.99. The minimum absolute atomic E-state index is 0.0748. The van der Waals surface area contributed by atoms with Gasteiger partial charge >= 0.3 is 0 Å². The molecule has 1 unspecified atom stereocenters. The summed E-state index contributed by atoms with van der Waals surface area (Å²) < 4.78 is 2.04. The lowest BCUT2D eigenvalue weighted by molar-refractivity contribution is -0.596. The highest BCUT2D eigenvalue weighted by Crippen LogP contribution is 2.38. The molecule has 0 bridgehead atoms. The Bertz CT molecular complexity index is 780. The van der Waals surface area contributed by atoms with Gasteiger partial charge in [0.2, 0.25) is 11.6 Å². The van der Waals surface area contributed by atoms with Crippen molar-refractivity contribution in [3.05, 3.63) is 59.9 Å². The summed E-state index contributed by atoms with van der Waals surface area (Å²) in [6.45, 7) is 5.05. The first kappa shape index (κ1) is 16.5. The Hall–Kier alpha value is -2.32. The zero-order valence-electron chi connectivity index (χ0n) is 13.8. The van der Waals surface area contributed by atoms with Crippen molar-refractivity contribution in [3.63, 3.8) is 0 Å². The minimum atomic E-state index is 0.0748. The molecule has 1 aromatic heterocycles. The van der Waals surface area contributed by atoms with E-state index in [9.17, 15) is 4.79 Å². The van der Waals surface area contributed by atoms with E-state index >= 15 is 0 Å². The van der Waals surface area contributed by atoms with E-state index in [-0.39, 0.29) is 11.3 Å². The van der Waals surface area contributed by atoms with Crippen molar-refractivity contribution < 1.29 is 9.36 Å². The van der Waals surface area contributed by atoms with Crippen molar-refractivity contribution in [2.45, 2.75) is 19.2 Å². The van der Waals surface area contributed by atoms with Crippen molar-refractivity contribution in [1.29, 1.82) is 5.26 Å². The van der Waals surface area contributed by atoms with Crippen LogP contribution >= 0.6 is 11.8 Å². The average molecular weight is 338 g/mol. The largest absolute Gasteiger partial charge is 0.325 e. The van der Waals surface area contributed by atoms with Crippen LogP contribution in [0.2, 0.25) is 0 Å². The van der Waals surface area contributed by atoms with Crippen molar-refractivity contribution in [2.24, 2.45) is 5.92 Å². The number of amides is 1. The fourth-order valence-electron chi connectivity index (χ4n) is 2.83. The van der Waals surface area contributed by atoms with E-state index in [2.05, 4.69) is 32.2 Å². The molecule has 2 aromatic rings. The predicted molar refractivity (Wildman–Crippen MR) is 94.4 cm³/mol. The summed E-state index contributed by atoms with van der Waals surface area (Å²) in [5.41, 5.74) is 2.77. The van der Waals surface area contributed by atoms with Crippen LogP contribution in [0.25, 0.3) is 5.69 Å². The van der Waals surface area contributed by atoms with Crippen LogP contribution in [-0.2, 0) is 4.79 Å². The van der Waals surface area contributed by atoms with E-state index in [0.29, 0.717) is 17.2 Å². The second-order valence-corrected chi connectivity index (χ2v) is 7.38. The maximum absolute atomic E-state index is 12.2. The zero-order chi connectivity index (χ0) is 17.1. The Labute approximate surface area is 146 Å². The molecule has 0 aliphatic carbocycles. The number of benzene rings is 1. The van der Waals surface area contributed by atoms with Gasteiger partial charge in [0.05, 0.1) is 17.4 Å². The molecular formula is C19H20N3OS+. The molecule has 122 valence electrons. The van der Waals surface area contributed by atoms with Crippen LogP contribution in [-0.4, -0.2) is 23.1 Å². The molecule has 0 spiro atoms. The lowest BCUT2D eigenvalue weighted by Gasteiger charge is -2.25. The molecule has 1 aromatic carbocycles. The molecule has 1 aliphatic rings. The fraction of sp³-hybridized carbons (Fsp3) is 0.316. The number of pyridine rings is 1. The van der Waals surface area contributed by atoms with Crippen molar-refractivity contribution in [1.82, 2.24) is 4.90 Å². The van der Waals surface area contributed by atoms with Crippen molar-refractivity contribution in [3.8, 4) is 11.8 Å². The molecule has 0 N–H and O–H groups in total. The van der Waals surface area contributed by atoms with Gasteiger partial charge in [0.1, 0.15) is 5.37 Å². The lowest BCUT2D eigenvalue weighted by Crippen LogP contribution is -2.34. The van der Waals surface area contributed by atoms with E-state index in [0.717, 1.165) is 17.8 Å². The summed E-state index contributed by atoms with van der Waals surface area (Å²) in [4.78, 5) is 14.2. The number of hydrogen-bond acceptors (Lipinski definition) is 3. The van der Waals surface area contributed by atoms with Gasteiger partial charge in [-0.2, -0.15) is 9.83 Å². The number of carbonyl (C=O) groups is 1. The summed E-state index contributed by atoms with van der Waals surface area (Å²) in [6.07, 6.45) is 4.06. The normalized spacial score (nSPS) is 17.3. The van der Waals surface area contributed by atoms with E-state index in [1.54, 1.807) is 11.8 Å². The van der Waals surface area contributed by atoms with Gasteiger partial charge in [-0.1, -0.05) is 13.8 Å². The maximum Gasteiger partial charge on any atom is 0.233 e. The molecule has 1 amide bonds. The van der Waals surface area contributed by atoms with Gasteiger partial charge in [-0.25, -0.2) is 0 Å². The Morgan fingerprint density at radius 2 is 2.08 bits per heavy atom. The highest BCUT2D eigenvalue weighted by Gasteiger charge is 2.34. The maximum atomic E-state index is 12.2. The van der Waals surface area contributed by atoms with Crippen LogP contribution in [0.1, 0.15) is 30.3 Å². The SMILES string of the molecule is CC(C)CN1C(=O)CSC1c1ccc[n+](-c2ccc(C#N)cc2)c1. The Morgan fingerprint density at radius 1 is 1.33 bits per heavy atom. The van der Waals surface area contributed by atoms with Gasteiger partial charge in [0.15, 0.2) is 12.4 Å². The number of carbonyl (C=O) groups excluding carboxylic acids is 1. The van der Waals surface area contributed by atoms with Gasteiger partial charge in [0.25, 0.3) is 0 Å². The summed E-state index contributed by atoms with van der Waals surface area (Å²) >= 11 is 1.68. The van der Waals surface area contributed by atoms with Crippen LogP contribution in [0.3, 0.4) is 0 Å². The Balaban J connectivity index is 1.89. The molecule has 0 saturated carbocycles. The molecule has 2 heterocycles. The lowest BCUT2D eigenvalue weighted by atomic mass is 10.1. The predicted octanol–water partition coefficient (Wildman–Crippen LogP) is 3.06. The standard InChI is InChI=1S/C19H20N3OS/c1-14(2)11-22-18(23)13-24-19(22)16-4-3-9-21(12-16)17-7-5-15(10-20)6-8-17/h3-9,12,14,19H,11,13H2,1-2H3/q+1. The third-order valence-electron chi connectivity index (χ3n) is 3.93. The van der Waals surface area contributed by atoms with Crippen molar-refractivity contribution in [2.75, 3.05) is 12.3 Å². The quantitative estimate of drug-likeness (QED) is 0.805. The van der Waals surface area contributed by atoms with Crippen LogP contribution in [0.4, 0.5) is 0 Å². The number of nitriles is 1. The summed E-state index contributed by atoms with van der Waals surface area (Å²) in [7, 11) is 0. The molecule has 3 rings (SSSR count). The van der Waals surface area contributed by atoms with E-state index in [1.165, 1.54) is 0 Å². The average Bonchev–Trinajstić information content (AvgIpc) is 2.95. The minimum Gasteiger partial charge on any atom is -0.325 e. The number of rotatable bonds is 4. The monoisotopic (exact) mass is 338 g/mol. The fourth-order valence-corrected chi connectivity index (χ4v) is 4.01. The van der Waals surface area contributed by atoms with E-state index < -0.39 is 0 Å². The van der Waals surface area contributed by atoms with Gasteiger partial charge in [0, 0.05) is 30.3 Å². The number of hydrogen-bond donors (Lipinski definition) is 0. The second kappa shape index (κ2) is 7.06. The molecule has 1 fully saturated rings. The first-order valence-corrected chi connectivity index (χ1v) is 9.06. The Morgan fingerprint density at radius 3 is 2.75 bits per heavy atom. The zero-order valence-corrected chi connectivity index (χ0v) is 14.7.